The molecule has 0 spiro atoms. The third-order valence-corrected chi connectivity index (χ3v) is 6.36. The maximum Gasteiger partial charge on any atom is 0.197 e. The summed E-state index contributed by atoms with van der Waals surface area (Å²) in [5.74, 6) is 0.729. The van der Waals surface area contributed by atoms with Crippen molar-refractivity contribution in [2.45, 2.75) is 18.9 Å². The summed E-state index contributed by atoms with van der Waals surface area (Å²) in [6, 6.07) is 24.5. The molecule has 0 atom stereocenters. The summed E-state index contributed by atoms with van der Waals surface area (Å²) in [7, 11) is 0. The summed E-state index contributed by atoms with van der Waals surface area (Å²) in [5, 5.41) is 20.8. The molecule has 33 heavy (non-hydrogen) atoms. The molecule has 1 fully saturated rings. The Labute approximate surface area is 191 Å². The fraction of sp³-hybridized carbons (Fsp3) is 0.185. The molecule has 0 bridgehead atoms. The van der Waals surface area contributed by atoms with E-state index in [1.165, 1.54) is 0 Å². The lowest BCUT2D eigenvalue weighted by Gasteiger charge is -2.24. The van der Waals surface area contributed by atoms with Gasteiger partial charge in [-0.1, -0.05) is 42.5 Å². The van der Waals surface area contributed by atoms with Gasteiger partial charge in [-0.05, 0) is 61.8 Å². The van der Waals surface area contributed by atoms with Crippen LogP contribution < -0.4 is 21.3 Å². The van der Waals surface area contributed by atoms with E-state index in [0.29, 0.717) is 11.9 Å². The van der Waals surface area contributed by atoms with E-state index >= 15 is 0 Å². The lowest BCUT2D eigenvalue weighted by atomic mass is 9.96. The average molecular weight is 436 g/mol. The molecule has 0 radical (unpaired) electrons. The minimum atomic E-state index is 0.122. The molecule has 4 aromatic rings. The lowest BCUT2D eigenvalue weighted by Crippen LogP contribution is -2.35. The Morgan fingerprint density at radius 1 is 0.879 bits per heavy atom. The molecule has 3 aromatic carbocycles. The summed E-state index contributed by atoms with van der Waals surface area (Å²) in [4.78, 5) is 12.8. The Morgan fingerprint density at radius 3 is 2.30 bits per heavy atom. The Morgan fingerprint density at radius 2 is 1.58 bits per heavy atom. The summed E-state index contributed by atoms with van der Waals surface area (Å²) in [6.45, 7) is 2.06. The number of H-pyrrole nitrogens is 1. The van der Waals surface area contributed by atoms with Gasteiger partial charge in [-0.3, -0.25) is 0 Å². The van der Waals surface area contributed by atoms with Crippen molar-refractivity contribution < 1.29 is 5.11 Å². The van der Waals surface area contributed by atoms with Crippen molar-refractivity contribution in [3.63, 3.8) is 0 Å². The van der Waals surface area contributed by atoms with Crippen molar-refractivity contribution in [3.8, 4) is 5.88 Å². The molecule has 2 aliphatic heterocycles. The van der Waals surface area contributed by atoms with Crippen molar-refractivity contribution in [2.24, 2.45) is 9.98 Å². The summed E-state index contributed by atoms with van der Waals surface area (Å²) in [5.41, 5.74) is 4.43. The molecule has 4 N–H and O–H groups in total. The minimum Gasteiger partial charge on any atom is -0.494 e. The van der Waals surface area contributed by atoms with Gasteiger partial charge < -0.3 is 20.7 Å². The molecule has 0 aliphatic carbocycles. The molecular weight excluding hydrogens is 410 g/mol. The Balaban J connectivity index is 1.54. The monoisotopic (exact) mass is 435 g/mol. The smallest absolute Gasteiger partial charge is 0.197 e. The van der Waals surface area contributed by atoms with E-state index in [1.807, 2.05) is 60.7 Å². The molecular formula is C27H25N5O. The van der Waals surface area contributed by atoms with E-state index < -0.39 is 0 Å². The van der Waals surface area contributed by atoms with Gasteiger partial charge in [-0.25, -0.2) is 9.98 Å². The highest BCUT2D eigenvalue weighted by atomic mass is 16.3. The molecule has 2 aliphatic rings. The van der Waals surface area contributed by atoms with E-state index in [9.17, 15) is 5.11 Å². The zero-order valence-corrected chi connectivity index (χ0v) is 18.2. The molecule has 1 aromatic heterocycles. The second-order valence-electron chi connectivity index (χ2n) is 8.55. The van der Waals surface area contributed by atoms with Gasteiger partial charge >= 0.3 is 0 Å². The fourth-order valence-corrected chi connectivity index (χ4v) is 4.73. The normalized spacial score (nSPS) is 15.7. The van der Waals surface area contributed by atoms with Gasteiger partial charge in [-0.2, -0.15) is 0 Å². The first-order valence-electron chi connectivity index (χ1n) is 11.4. The molecule has 164 valence electrons. The third-order valence-electron chi connectivity index (χ3n) is 6.36. The first kappa shape index (κ1) is 19.8. The molecule has 6 heteroatoms. The Hall–Kier alpha value is -3.90. The largest absolute Gasteiger partial charge is 0.494 e. The number of fused-ring (bicyclic) bond motifs is 2. The highest BCUT2D eigenvalue weighted by Crippen LogP contribution is 2.40. The second kappa shape index (κ2) is 8.22. The SMILES string of the molecule is Oc1[nH]c2ccc(NC3CCNCC3)cc2c1C(=C1N=c2ccccc2=N1)c1ccccc1. The van der Waals surface area contributed by atoms with Gasteiger partial charge in [0.2, 0.25) is 0 Å². The number of benzene rings is 3. The van der Waals surface area contributed by atoms with Gasteiger partial charge in [0.05, 0.1) is 16.3 Å². The lowest BCUT2D eigenvalue weighted by molar-refractivity contribution is 0.457. The molecule has 3 heterocycles. The number of nitrogens with zero attached hydrogens (tertiary/aromatic N) is 2. The van der Waals surface area contributed by atoms with Crippen LogP contribution in [0.3, 0.4) is 0 Å². The number of rotatable bonds is 4. The molecule has 6 rings (SSSR count). The van der Waals surface area contributed by atoms with Gasteiger partial charge in [0.15, 0.2) is 11.7 Å². The van der Waals surface area contributed by atoms with Gasteiger partial charge in [0.1, 0.15) is 0 Å². The van der Waals surface area contributed by atoms with Crippen LogP contribution in [0.2, 0.25) is 0 Å². The van der Waals surface area contributed by atoms with Gasteiger partial charge in [-0.15, -0.1) is 0 Å². The quantitative estimate of drug-likeness (QED) is 0.394. The maximum atomic E-state index is 11.1. The number of aromatic nitrogens is 1. The molecule has 0 amide bonds. The van der Waals surface area contributed by atoms with Crippen molar-refractivity contribution in [1.29, 1.82) is 0 Å². The molecule has 6 nitrogen and oxygen atoms in total. The average Bonchev–Trinajstić information content (AvgIpc) is 3.42. The van der Waals surface area contributed by atoms with E-state index in [4.69, 9.17) is 9.98 Å². The first-order valence-corrected chi connectivity index (χ1v) is 11.4. The molecule has 0 saturated carbocycles. The minimum absolute atomic E-state index is 0.122. The number of para-hydroxylation sites is 2. The van der Waals surface area contributed by atoms with Crippen LogP contribution >= 0.6 is 0 Å². The third kappa shape index (κ3) is 3.68. The highest BCUT2D eigenvalue weighted by Gasteiger charge is 2.22. The summed E-state index contributed by atoms with van der Waals surface area (Å²) >= 11 is 0. The number of anilines is 1. The molecule has 0 unspecified atom stereocenters. The maximum absolute atomic E-state index is 11.1. The number of aromatic amines is 1. The van der Waals surface area contributed by atoms with Crippen molar-refractivity contribution in [1.82, 2.24) is 10.3 Å². The van der Waals surface area contributed by atoms with E-state index in [2.05, 4.69) is 27.8 Å². The van der Waals surface area contributed by atoms with E-state index in [0.717, 1.165) is 69.9 Å². The van der Waals surface area contributed by atoms with Gasteiger partial charge in [0.25, 0.3) is 0 Å². The van der Waals surface area contributed by atoms with Crippen molar-refractivity contribution in [3.05, 3.63) is 100 Å². The predicted molar refractivity (Wildman–Crippen MR) is 131 cm³/mol. The van der Waals surface area contributed by atoms with Crippen LogP contribution in [0.25, 0.3) is 16.5 Å². The predicted octanol–water partition coefficient (Wildman–Crippen LogP) is 3.71. The van der Waals surface area contributed by atoms with Crippen LogP contribution in [0.1, 0.15) is 24.0 Å². The summed E-state index contributed by atoms with van der Waals surface area (Å²) in [6.07, 6.45) is 2.19. The number of hydrogen-bond donors (Lipinski definition) is 4. The number of nitrogens with one attached hydrogen (secondary N) is 3. The van der Waals surface area contributed by atoms with Crippen molar-refractivity contribution in [2.75, 3.05) is 18.4 Å². The highest BCUT2D eigenvalue weighted by molar-refractivity contribution is 6.01. The van der Waals surface area contributed by atoms with Crippen LogP contribution in [-0.2, 0) is 0 Å². The van der Waals surface area contributed by atoms with Gasteiger partial charge in [0, 0.05) is 28.2 Å². The molecule has 1 saturated heterocycles. The van der Waals surface area contributed by atoms with Crippen LogP contribution in [0.15, 0.2) is 88.6 Å². The number of hydrogen-bond acceptors (Lipinski definition) is 5. The van der Waals surface area contributed by atoms with Crippen LogP contribution in [0.5, 0.6) is 5.88 Å². The number of piperidine rings is 1. The van der Waals surface area contributed by atoms with Crippen LogP contribution in [0, 0.1) is 0 Å². The second-order valence-corrected chi connectivity index (χ2v) is 8.55. The standard InChI is InChI=1S/C27H25N5O/c33-27-25(20-16-19(10-11-21(20)32-27)29-18-12-14-28-15-13-18)24(17-6-2-1-3-7-17)26-30-22-8-4-5-9-23(22)31-26/h1-11,16,18,28-29,32-33H,12-15H2. The zero-order chi connectivity index (χ0) is 22.2. The topological polar surface area (TPSA) is 84.8 Å². The zero-order valence-electron chi connectivity index (χ0n) is 18.2. The van der Waals surface area contributed by atoms with Crippen LogP contribution in [-0.4, -0.2) is 29.2 Å². The Kier molecular flexibility index (Phi) is 4.92. The fourth-order valence-electron chi connectivity index (χ4n) is 4.73. The van der Waals surface area contributed by atoms with E-state index in [1.54, 1.807) is 0 Å². The summed E-state index contributed by atoms with van der Waals surface area (Å²) < 4.78 is 0. The first-order chi connectivity index (χ1) is 16.3. The van der Waals surface area contributed by atoms with Crippen molar-refractivity contribution >= 4 is 22.2 Å². The van der Waals surface area contributed by atoms with E-state index in [-0.39, 0.29) is 5.88 Å². The number of aromatic hydroxyl groups is 1. The Bertz CT molecular complexity index is 1440. The van der Waals surface area contributed by atoms with Crippen LogP contribution in [0.4, 0.5) is 5.69 Å².